The number of hydrogen-bond acceptors (Lipinski definition) is 8. The highest BCUT2D eigenvalue weighted by Gasteiger charge is 2.26. The molecule has 12 heteroatoms. The third-order valence-corrected chi connectivity index (χ3v) is 5.70. The van der Waals surface area contributed by atoms with Crippen LogP contribution in [0.15, 0.2) is 12.2 Å². The highest BCUT2D eigenvalue weighted by atomic mass is 16.6. The number of ether oxygens (including phenoxy) is 4. The summed E-state index contributed by atoms with van der Waals surface area (Å²) in [7, 11) is 0. The molecule has 0 aromatic rings. The smallest absolute Gasteiger partial charge is 0.411 e. The maximum Gasteiger partial charge on any atom is 0.411 e. The van der Waals surface area contributed by atoms with Crippen molar-refractivity contribution in [1.82, 2.24) is 19.6 Å². The Morgan fingerprint density at radius 3 is 0.938 bits per heavy atom. The van der Waals surface area contributed by atoms with E-state index in [1.54, 1.807) is 95.2 Å². The van der Waals surface area contributed by atoms with Gasteiger partial charge in [0.2, 0.25) is 0 Å². The van der Waals surface area contributed by atoms with Crippen molar-refractivity contribution in [2.45, 2.75) is 118 Å². The first-order valence-corrected chi connectivity index (χ1v) is 16.3. The van der Waals surface area contributed by atoms with Crippen molar-refractivity contribution in [2.75, 3.05) is 52.4 Å². The molecule has 48 heavy (non-hydrogen) atoms. The van der Waals surface area contributed by atoms with E-state index in [1.807, 2.05) is 0 Å². The zero-order valence-electron chi connectivity index (χ0n) is 31.4. The van der Waals surface area contributed by atoms with E-state index in [-0.39, 0.29) is 52.4 Å². The molecule has 0 atom stereocenters. The molecule has 0 rings (SSSR count). The Bertz CT molecular complexity index is 1070. The van der Waals surface area contributed by atoms with Gasteiger partial charge in [-0.05, 0) is 95.9 Å². The Morgan fingerprint density at radius 1 is 0.479 bits per heavy atom. The van der Waals surface area contributed by atoms with Gasteiger partial charge in [0.05, 0.1) is 13.1 Å². The van der Waals surface area contributed by atoms with Crippen LogP contribution >= 0.6 is 0 Å². The maximum absolute atomic E-state index is 13.1. The normalized spacial score (nSPS) is 12.0. The second-order valence-corrected chi connectivity index (χ2v) is 15.2. The van der Waals surface area contributed by atoms with Gasteiger partial charge < -0.3 is 28.7 Å². The number of amides is 4. The molecule has 12 nitrogen and oxygen atoms in total. The Balaban J connectivity index is 5.68. The average molecular weight is 677 g/mol. The largest absolute Gasteiger partial charge is 0.444 e. The lowest BCUT2D eigenvalue weighted by Gasteiger charge is -2.29. The molecular formula is C36H60N4O8. The summed E-state index contributed by atoms with van der Waals surface area (Å²) < 4.78 is 22.1. The van der Waals surface area contributed by atoms with Gasteiger partial charge >= 0.3 is 24.4 Å². The predicted octanol–water partition coefficient (Wildman–Crippen LogP) is 6.54. The fourth-order valence-electron chi connectivity index (χ4n) is 3.82. The van der Waals surface area contributed by atoms with E-state index in [0.29, 0.717) is 12.8 Å². The van der Waals surface area contributed by atoms with Gasteiger partial charge in [-0.1, -0.05) is 24.0 Å². The Kier molecular flexibility index (Phi) is 18.0. The quantitative estimate of drug-likeness (QED) is 0.116. The second kappa shape index (κ2) is 19.7. The van der Waals surface area contributed by atoms with Gasteiger partial charge in [0.1, 0.15) is 22.4 Å². The van der Waals surface area contributed by atoms with Crippen molar-refractivity contribution in [2.24, 2.45) is 0 Å². The van der Waals surface area contributed by atoms with Crippen molar-refractivity contribution in [3.05, 3.63) is 12.2 Å². The number of rotatable bonds is 14. The first kappa shape index (κ1) is 43.9. The summed E-state index contributed by atoms with van der Waals surface area (Å²) in [5, 5.41) is 0. The van der Waals surface area contributed by atoms with Crippen LogP contribution < -0.4 is 0 Å². The molecule has 4 amide bonds. The monoisotopic (exact) mass is 676 g/mol. The van der Waals surface area contributed by atoms with Gasteiger partial charge in [-0.2, -0.15) is 0 Å². The number of nitrogens with zero attached hydrogens (tertiary/aromatic N) is 4. The van der Waals surface area contributed by atoms with Crippen LogP contribution in [0.3, 0.4) is 0 Å². The van der Waals surface area contributed by atoms with Gasteiger partial charge in [0.25, 0.3) is 0 Å². The minimum atomic E-state index is -0.717. The van der Waals surface area contributed by atoms with E-state index < -0.39 is 46.8 Å². The first-order chi connectivity index (χ1) is 21.9. The van der Waals surface area contributed by atoms with Crippen LogP contribution in [0.2, 0.25) is 0 Å². The van der Waals surface area contributed by atoms with Crippen LogP contribution in [0.5, 0.6) is 0 Å². The van der Waals surface area contributed by atoms with Gasteiger partial charge in [-0.3, -0.25) is 9.80 Å². The molecule has 0 aromatic heterocycles. The van der Waals surface area contributed by atoms with Crippen molar-refractivity contribution in [3.63, 3.8) is 0 Å². The van der Waals surface area contributed by atoms with E-state index in [4.69, 9.17) is 31.8 Å². The number of carbonyl (C=O) groups is 4. The lowest BCUT2D eigenvalue weighted by Crippen LogP contribution is -2.41. The van der Waals surface area contributed by atoms with Crippen LogP contribution in [0.4, 0.5) is 19.2 Å². The standard InChI is InChI=1S/C36H60N4O8/c1-15-21-37(29(41)45-33(3,4)5)25-19-27-39(31(43)47-35(9,10)11)23-17-18-24-40(32(44)48-36(12,13)14)28-20-26-38(22-16-2)30(42)46-34(6,7)8/h1-2,17-18H,19-28H2,3-14H3. The molecule has 0 aliphatic rings. The SMILES string of the molecule is C#CCN(CCCN(CC=CCN(CCCN(CC#C)C(=O)OC(C)(C)C)C(=O)OC(C)(C)C)C(=O)OC(C)(C)C)C(=O)OC(C)(C)C. The van der Waals surface area contributed by atoms with Crippen molar-refractivity contribution in [3.8, 4) is 24.7 Å². The summed E-state index contributed by atoms with van der Waals surface area (Å²) in [4.78, 5) is 57.2. The maximum atomic E-state index is 13.1. The van der Waals surface area contributed by atoms with Crippen molar-refractivity contribution < 1.29 is 38.1 Å². The number of carbonyl (C=O) groups excluding carboxylic acids is 4. The molecule has 0 heterocycles. The highest BCUT2D eigenvalue weighted by molar-refractivity contribution is 5.70. The minimum absolute atomic E-state index is 0.0695. The molecule has 0 aliphatic carbocycles. The zero-order valence-corrected chi connectivity index (χ0v) is 31.4. The zero-order chi connectivity index (χ0) is 37.3. The summed E-state index contributed by atoms with van der Waals surface area (Å²) in [5.41, 5.74) is -2.79. The molecule has 0 N–H and O–H groups in total. The molecule has 0 aromatic carbocycles. The lowest BCUT2D eigenvalue weighted by molar-refractivity contribution is 0.0208. The van der Waals surface area contributed by atoms with E-state index in [2.05, 4.69) is 11.8 Å². The van der Waals surface area contributed by atoms with Gasteiger partial charge in [-0.15, -0.1) is 12.8 Å². The van der Waals surface area contributed by atoms with Gasteiger partial charge in [0.15, 0.2) is 0 Å². The molecular weight excluding hydrogens is 616 g/mol. The molecule has 0 radical (unpaired) electrons. The highest BCUT2D eigenvalue weighted by Crippen LogP contribution is 2.15. The predicted molar refractivity (Wildman–Crippen MR) is 187 cm³/mol. The van der Waals surface area contributed by atoms with E-state index in [9.17, 15) is 19.2 Å². The molecule has 0 aliphatic heterocycles. The lowest BCUT2D eigenvalue weighted by atomic mass is 10.2. The van der Waals surface area contributed by atoms with E-state index in [0.717, 1.165) is 0 Å². The summed E-state index contributed by atoms with van der Waals surface area (Å²) in [5.74, 6) is 4.95. The fourth-order valence-corrected chi connectivity index (χ4v) is 3.82. The molecule has 272 valence electrons. The van der Waals surface area contributed by atoms with Crippen LogP contribution in [0, 0.1) is 24.7 Å². The third kappa shape index (κ3) is 21.7. The van der Waals surface area contributed by atoms with Crippen LogP contribution in [-0.2, 0) is 18.9 Å². The van der Waals surface area contributed by atoms with E-state index in [1.165, 1.54) is 19.6 Å². The second-order valence-electron chi connectivity index (χ2n) is 15.2. The molecule has 0 saturated heterocycles. The topological polar surface area (TPSA) is 118 Å². The summed E-state index contributed by atoms with van der Waals surface area (Å²) in [6.45, 7) is 22.9. The van der Waals surface area contributed by atoms with Crippen molar-refractivity contribution >= 4 is 24.4 Å². The van der Waals surface area contributed by atoms with E-state index >= 15 is 0 Å². The van der Waals surface area contributed by atoms with Crippen LogP contribution in [0.1, 0.15) is 95.9 Å². The molecule has 0 saturated carbocycles. The molecule has 0 bridgehead atoms. The summed E-state index contributed by atoms with van der Waals surface area (Å²) in [6.07, 6.45) is 13.2. The van der Waals surface area contributed by atoms with Crippen LogP contribution in [0.25, 0.3) is 0 Å². The van der Waals surface area contributed by atoms with Gasteiger partial charge in [0, 0.05) is 39.3 Å². The minimum Gasteiger partial charge on any atom is -0.444 e. The fraction of sp³-hybridized carbons (Fsp3) is 0.722. The average Bonchev–Trinajstić information content (AvgIpc) is 2.88. The Hall–Kier alpha value is -4.06. The number of terminal acetylenes is 2. The Morgan fingerprint density at radius 2 is 0.708 bits per heavy atom. The third-order valence-electron chi connectivity index (χ3n) is 5.70. The summed E-state index contributed by atoms with van der Waals surface area (Å²) >= 11 is 0. The molecule has 0 spiro atoms. The summed E-state index contributed by atoms with van der Waals surface area (Å²) in [6, 6.07) is 0. The van der Waals surface area contributed by atoms with Crippen molar-refractivity contribution in [1.29, 1.82) is 0 Å². The Labute approximate surface area is 289 Å². The molecule has 0 unspecified atom stereocenters. The van der Waals surface area contributed by atoms with Gasteiger partial charge in [-0.25, -0.2) is 19.2 Å². The molecule has 0 fully saturated rings. The first-order valence-electron chi connectivity index (χ1n) is 16.3. The number of hydrogen-bond donors (Lipinski definition) is 0. The van der Waals surface area contributed by atoms with Crippen LogP contribution in [-0.4, -0.2) is 119 Å².